The second kappa shape index (κ2) is 5.62. The van der Waals surface area contributed by atoms with E-state index in [9.17, 15) is 9.36 Å². The molecule has 1 atom stereocenters. The number of nitrogens with one attached hydrogen (secondary N) is 1. The van der Waals surface area contributed by atoms with Gasteiger partial charge in [0, 0.05) is 0 Å². The zero-order valence-corrected chi connectivity index (χ0v) is 8.54. The molecular formula is C5H12NO5PS. The number of carboxylic acids is 1. The zero-order chi connectivity index (χ0) is 10.5. The smallest absolute Gasteiger partial charge is 0.339 e. The van der Waals surface area contributed by atoms with Gasteiger partial charge >= 0.3 is 13.6 Å². The Labute approximate surface area is 80.9 Å². The number of thiol groups is 1. The van der Waals surface area contributed by atoms with Gasteiger partial charge in [0.1, 0.15) is 6.04 Å². The lowest BCUT2D eigenvalue weighted by Gasteiger charge is -2.13. The fourth-order valence-electron chi connectivity index (χ4n) is 0.671. The fraction of sp³-hybridized carbons (Fsp3) is 0.800. The molecular weight excluding hydrogens is 217 g/mol. The molecule has 0 aromatic heterocycles. The van der Waals surface area contributed by atoms with Gasteiger partial charge in [-0.15, -0.1) is 0 Å². The summed E-state index contributed by atoms with van der Waals surface area (Å²) in [5.41, 5.74) is 0. The summed E-state index contributed by atoms with van der Waals surface area (Å²) in [6.07, 6.45) is -0.407. The van der Waals surface area contributed by atoms with Gasteiger partial charge in [-0.1, -0.05) is 0 Å². The van der Waals surface area contributed by atoms with Crippen LogP contribution in [0.2, 0.25) is 0 Å². The van der Waals surface area contributed by atoms with Crippen molar-refractivity contribution in [1.29, 1.82) is 0 Å². The number of hydrogen-bond acceptors (Lipinski definition) is 4. The molecule has 0 bridgehead atoms. The average molecular weight is 229 g/mol. The summed E-state index contributed by atoms with van der Waals surface area (Å²) in [5, 5.41) is 10.8. The van der Waals surface area contributed by atoms with Crippen molar-refractivity contribution >= 4 is 26.2 Å². The fourth-order valence-corrected chi connectivity index (χ4v) is 1.39. The van der Waals surface area contributed by atoms with Crippen molar-refractivity contribution in [2.45, 2.75) is 12.5 Å². The third-order valence-corrected chi connectivity index (χ3v) is 2.11. The maximum Gasteiger partial charge on any atom is 0.339 e. The Hall–Kier alpha value is -0.0700. The van der Waals surface area contributed by atoms with Crippen LogP contribution in [0.3, 0.4) is 0 Å². The van der Waals surface area contributed by atoms with Crippen LogP contribution in [-0.2, 0) is 9.36 Å². The molecule has 6 nitrogen and oxygen atoms in total. The topological polar surface area (TPSA) is 107 Å². The van der Waals surface area contributed by atoms with E-state index in [1.54, 1.807) is 0 Å². The quantitative estimate of drug-likeness (QED) is 0.310. The Morgan fingerprint density at radius 2 is 2.08 bits per heavy atom. The Morgan fingerprint density at radius 3 is 2.38 bits per heavy atom. The van der Waals surface area contributed by atoms with Crippen molar-refractivity contribution in [3.63, 3.8) is 0 Å². The Balaban J connectivity index is 3.97. The van der Waals surface area contributed by atoms with Gasteiger partial charge in [0.05, 0.1) is 6.29 Å². The van der Waals surface area contributed by atoms with E-state index in [2.05, 4.69) is 17.9 Å². The maximum absolute atomic E-state index is 10.5. The van der Waals surface area contributed by atoms with Crippen molar-refractivity contribution in [1.82, 2.24) is 5.32 Å². The van der Waals surface area contributed by atoms with Gasteiger partial charge in [-0.2, -0.15) is 12.6 Å². The van der Waals surface area contributed by atoms with Crippen molar-refractivity contribution < 1.29 is 24.3 Å². The second-order valence-corrected chi connectivity index (χ2v) is 4.52. The van der Waals surface area contributed by atoms with Crippen LogP contribution in [0.1, 0.15) is 6.42 Å². The lowest BCUT2D eigenvalue weighted by Crippen LogP contribution is -2.37. The molecule has 78 valence electrons. The minimum absolute atomic E-state index is 0.221. The predicted molar refractivity (Wildman–Crippen MR) is 49.9 cm³/mol. The van der Waals surface area contributed by atoms with E-state index in [1.807, 2.05) is 0 Å². The van der Waals surface area contributed by atoms with Gasteiger partial charge in [-0.3, -0.25) is 14.7 Å². The normalized spacial score (nSPS) is 14.1. The highest BCUT2D eigenvalue weighted by molar-refractivity contribution is 7.80. The standard InChI is InChI=1S/C5H12NO5PS/c7-5(8)4(1-2-13)6-3-12(9,10)11/h4,6,13H,1-3H2,(H,7,8)(H2,9,10,11). The molecule has 0 spiro atoms. The van der Waals surface area contributed by atoms with E-state index in [1.165, 1.54) is 0 Å². The molecule has 0 fully saturated rings. The first-order valence-corrected chi connectivity index (χ1v) is 5.91. The molecule has 0 aliphatic heterocycles. The van der Waals surface area contributed by atoms with E-state index in [4.69, 9.17) is 14.9 Å². The molecule has 0 radical (unpaired) electrons. The molecule has 0 amide bonds. The summed E-state index contributed by atoms with van der Waals surface area (Å²) in [4.78, 5) is 27.4. The largest absolute Gasteiger partial charge is 0.480 e. The number of rotatable bonds is 6. The zero-order valence-electron chi connectivity index (χ0n) is 6.75. The molecule has 0 aliphatic carbocycles. The number of carboxylic acid groups (broad SMARTS) is 1. The second-order valence-electron chi connectivity index (χ2n) is 2.43. The van der Waals surface area contributed by atoms with Gasteiger partial charge < -0.3 is 14.9 Å². The molecule has 0 saturated heterocycles. The molecule has 0 aromatic carbocycles. The Kier molecular flexibility index (Phi) is 5.59. The molecule has 0 aromatic rings. The van der Waals surface area contributed by atoms with E-state index < -0.39 is 25.9 Å². The summed E-state index contributed by atoms with van der Waals surface area (Å²) in [7, 11) is -4.18. The van der Waals surface area contributed by atoms with Crippen LogP contribution < -0.4 is 5.32 Å². The Morgan fingerprint density at radius 1 is 1.54 bits per heavy atom. The highest BCUT2D eigenvalue weighted by Crippen LogP contribution is 2.32. The van der Waals surface area contributed by atoms with Crippen molar-refractivity contribution in [3.8, 4) is 0 Å². The minimum atomic E-state index is -4.18. The van der Waals surface area contributed by atoms with E-state index in [-0.39, 0.29) is 6.42 Å². The molecule has 13 heavy (non-hydrogen) atoms. The van der Waals surface area contributed by atoms with Crippen LogP contribution in [0, 0.1) is 0 Å². The van der Waals surface area contributed by atoms with Crippen LogP contribution in [0.5, 0.6) is 0 Å². The molecule has 4 N–H and O–H groups in total. The van der Waals surface area contributed by atoms with Crippen LogP contribution in [0.15, 0.2) is 0 Å². The third-order valence-electron chi connectivity index (χ3n) is 1.26. The highest BCUT2D eigenvalue weighted by atomic mass is 32.1. The van der Waals surface area contributed by atoms with E-state index >= 15 is 0 Å². The van der Waals surface area contributed by atoms with Crippen molar-refractivity contribution in [2.75, 3.05) is 12.0 Å². The first-order valence-electron chi connectivity index (χ1n) is 3.48. The van der Waals surface area contributed by atoms with Gasteiger partial charge in [-0.25, -0.2) is 0 Å². The summed E-state index contributed by atoms with van der Waals surface area (Å²) >= 11 is 3.82. The highest BCUT2D eigenvalue weighted by Gasteiger charge is 2.20. The first kappa shape index (κ1) is 12.9. The molecule has 0 saturated carbocycles. The van der Waals surface area contributed by atoms with Crippen LogP contribution >= 0.6 is 20.2 Å². The van der Waals surface area contributed by atoms with Crippen molar-refractivity contribution in [2.24, 2.45) is 0 Å². The molecule has 1 unspecified atom stereocenters. The van der Waals surface area contributed by atoms with Gasteiger partial charge in [0.25, 0.3) is 0 Å². The molecule has 0 rings (SSSR count). The predicted octanol–water partition coefficient (Wildman–Crippen LogP) is -0.516. The van der Waals surface area contributed by atoms with Gasteiger partial charge in [0.2, 0.25) is 0 Å². The summed E-state index contributed by atoms with van der Waals surface area (Å²) in [5.74, 6) is -0.798. The summed E-state index contributed by atoms with van der Waals surface area (Å²) in [6.45, 7) is 0. The number of hydrogen-bond donors (Lipinski definition) is 5. The van der Waals surface area contributed by atoms with Crippen molar-refractivity contribution in [3.05, 3.63) is 0 Å². The molecule has 0 heterocycles. The molecule has 0 aliphatic rings. The average Bonchev–Trinajstić information content (AvgIpc) is 1.95. The first-order chi connectivity index (χ1) is 5.87. The molecule has 8 heteroatoms. The number of aliphatic carboxylic acids is 1. The minimum Gasteiger partial charge on any atom is -0.480 e. The SMILES string of the molecule is O=C(O)C(CCS)NCP(=O)(O)O. The van der Waals surface area contributed by atoms with Gasteiger partial charge in [-0.05, 0) is 12.2 Å². The van der Waals surface area contributed by atoms with Crippen LogP contribution in [-0.4, -0.2) is 38.9 Å². The summed E-state index contributed by atoms with van der Waals surface area (Å²) < 4.78 is 10.4. The van der Waals surface area contributed by atoms with E-state index in [0.29, 0.717) is 5.75 Å². The lowest BCUT2D eigenvalue weighted by molar-refractivity contribution is -0.139. The summed E-state index contributed by atoms with van der Waals surface area (Å²) in [6, 6.07) is -0.954. The van der Waals surface area contributed by atoms with Crippen LogP contribution in [0.4, 0.5) is 0 Å². The Bertz CT molecular complexity index is 217. The van der Waals surface area contributed by atoms with E-state index in [0.717, 1.165) is 0 Å². The monoisotopic (exact) mass is 229 g/mol. The van der Waals surface area contributed by atoms with Crippen LogP contribution in [0.25, 0.3) is 0 Å². The lowest BCUT2D eigenvalue weighted by atomic mass is 10.2. The van der Waals surface area contributed by atoms with Gasteiger partial charge in [0.15, 0.2) is 0 Å². The maximum atomic E-state index is 10.5. The number of carbonyl (C=O) groups is 1. The third kappa shape index (κ3) is 7.04.